The van der Waals surface area contributed by atoms with E-state index in [0.29, 0.717) is 6.04 Å². The fourth-order valence-electron chi connectivity index (χ4n) is 3.13. The van der Waals surface area contributed by atoms with Gasteiger partial charge in [-0.15, -0.1) is 0 Å². The zero-order valence-corrected chi connectivity index (χ0v) is 13.5. The van der Waals surface area contributed by atoms with Crippen molar-refractivity contribution in [3.8, 4) is 11.3 Å². The summed E-state index contributed by atoms with van der Waals surface area (Å²) >= 11 is 0. The Morgan fingerprint density at radius 3 is 2.36 bits per heavy atom. The van der Waals surface area contributed by atoms with Crippen LogP contribution < -0.4 is 0 Å². The summed E-state index contributed by atoms with van der Waals surface area (Å²) < 4.78 is 6.22. The molecule has 0 bridgehead atoms. The Labute approximate surface area is 132 Å². The summed E-state index contributed by atoms with van der Waals surface area (Å²) in [7, 11) is 0. The highest BCUT2D eigenvalue weighted by molar-refractivity contribution is 5.85. The maximum absolute atomic E-state index is 6.22. The van der Waals surface area contributed by atoms with Gasteiger partial charge in [0, 0.05) is 22.6 Å². The van der Waals surface area contributed by atoms with E-state index in [4.69, 9.17) is 4.42 Å². The summed E-state index contributed by atoms with van der Waals surface area (Å²) in [6.07, 6.45) is 0. The second-order valence-electron chi connectivity index (χ2n) is 5.64. The molecule has 0 saturated heterocycles. The van der Waals surface area contributed by atoms with Crippen LogP contribution in [0.2, 0.25) is 0 Å². The third-order valence-corrected chi connectivity index (χ3v) is 4.44. The van der Waals surface area contributed by atoms with Crippen LogP contribution in [0, 0.1) is 0 Å². The van der Waals surface area contributed by atoms with Crippen LogP contribution in [0.4, 0.5) is 0 Å². The molecule has 1 heterocycles. The van der Waals surface area contributed by atoms with E-state index in [1.165, 1.54) is 10.9 Å². The van der Waals surface area contributed by atoms with E-state index in [0.717, 1.165) is 30.0 Å². The molecule has 0 amide bonds. The van der Waals surface area contributed by atoms with Crippen molar-refractivity contribution in [1.29, 1.82) is 0 Å². The largest absolute Gasteiger partial charge is 0.456 e. The van der Waals surface area contributed by atoms with Crippen LogP contribution in [0.1, 0.15) is 32.4 Å². The molecule has 2 heteroatoms. The highest BCUT2D eigenvalue weighted by Gasteiger charge is 2.18. The van der Waals surface area contributed by atoms with Crippen LogP contribution in [0.5, 0.6) is 0 Å². The van der Waals surface area contributed by atoms with Crippen molar-refractivity contribution in [3.63, 3.8) is 0 Å². The van der Waals surface area contributed by atoms with Gasteiger partial charge in [0.15, 0.2) is 0 Å². The average molecular weight is 293 g/mol. The maximum atomic E-state index is 6.22. The molecule has 1 unspecified atom stereocenters. The lowest BCUT2D eigenvalue weighted by Gasteiger charge is -2.26. The van der Waals surface area contributed by atoms with E-state index in [1.807, 2.05) is 18.2 Å². The number of rotatable bonds is 5. The number of hydrogen-bond donors (Lipinski definition) is 0. The molecule has 2 aromatic carbocycles. The standard InChI is InChI=1S/C20H23NO/c1-4-21(5-2)15(3)18-13-9-12-17-14-19(22-20(17)18)16-10-7-6-8-11-16/h6-15H,4-5H2,1-3H3. The van der Waals surface area contributed by atoms with Crippen LogP contribution in [-0.2, 0) is 0 Å². The molecule has 1 atom stereocenters. The molecule has 1 aromatic heterocycles. The highest BCUT2D eigenvalue weighted by atomic mass is 16.3. The number of benzene rings is 2. The van der Waals surface area contributed by atoms with Gasteiger partial charge < -0.3 is 4.42 Å². The van der Waals surface area contributed by atoms with Gasteiger partial charge in [-0.25, -0.2) is 0 Å². The highest BCUT2D eigenvalue weighted by Crippen LogP contribution is 2.33. The van der Waals surface area contributed by atoms with E-state index in [2.05, 4.69) is 62.1 Å². The van der Waals surface area contributed by atoms with E-state index in [-0.39, 0.29) is 0 Å². The lowest BCUT2D eigenvalue weighted by molar-refractivity contribution is 0.234. The summed E-state index contributed by atoms with van der Waals surface area (Å²) in [6.45, 7) is 8.75. The molecule has 0 N–H and O–H groups in total. The molecule has 2 nitrogen and oxygen atoms in total. The smallest absolute Gasteiger partial charge is 0.139 e. The topological polar surface area (TPSA) is 16.4 Å². The monoisotopic (exact) mass is 293 g/mol. The van der Waals surface area contributed by atoms with Gasteiger partial charge in [0.05, 0.1) is 0 Å². The van der Waals surface area contributed by atoms with Crippen molar-refractivity contribution in [2.24, 2.45) is 0 Å². The lowest BCUT2D eigenvalue weighted by atomic mass is 10.0. The Hall–Kier alpha value is -2.06. The van der Waals surface area contributed by atoms with Crippen LogP contribution in [-0.4, -0.2) is 18.0 Å². The number of hydrogen-bond acceptors (Lipinski definition) is 2. The molecule has 22 heavy (non-hydrogen) atoms. The number of para-hydroxylation sites is 1. The van der Waals surface area contributed by atoms with Gasteiger partial charge >= 0.3 is 0 Å². The minimum atomic E-state index is 0.355. The van der Waals surface area contributed by atoms with Crippen LogP contribution in [0.25, 0.3) is 22.3 Å². The minimum Gasteiger partial charge on any atom is -0.456 e. The van der Waals surface area contributed by atoms with Crippen molar-refractivity contribution < 1.29 is 4.42 Å². The van der Waals surface area contributed by atoms with Crippen molar-refractivity contribution in [2.75, 3.05) is 13.1 Å². The van der Waals surface area contributed by atoms with Gasteiger partial charge in [-0.05, 0) is 26.1 Å². The number of furan rings is 1. The Kier molecular flexibility index (Phi) is 4.30. The molecule has 3 aromatic rings. The molecule has 0 radical (unpaired) electrons. The Balaban J connectivity index is 2.07. The van der Waals surface area contributed by atoms with Gasteiger partial charge in [-0.2, -0.15) is 0 Å². The van der Waals surface area contributed by atoms with Gasteiger partial charge in [0.25, 0.3) is 0 Å². The van der Waals surface area contributed by atoms with Gasteiger partial charge in [0.1, 0.15) is 11.3 Å². The molecule has 0 aliphatic heterocycles. The SMILES string of the molecule is CCN(CC)C(C)c1cccc2cc(-c3ccccc3)oc12. The van der Waals surface area contributed by atoms with Gasteiger partial charge in [-0.1, -0.05) is 62.4 Å². The number of fused-ring (bicyclic) bond motifs is 1. The predicted molar refractivity (Wildman–Crippen MR) is 93.0 cm³/mol. The van der Waals surface area contributed by atoms with E-state index >= 15 is 0 Å². The normalized spacial score (nSPS) is 12.9. The maximum Gasteiger partial charge on any atom is 0.139 e. The zero-order valence-electron chi connectivity index (χ0n) is 13.5. The summed E-state index contributed by atoms with van der Waals surface area (Å²) in [6, 6.07) is 19.2. The fourth-order valence-corrected chi connectivity index (χ4v) is 3.13. The molecule has 0 spiro atoms. The first-order chi connectivity index (χ1) is 10.7. The third kappa shape index (κ3) is 2.67. The van der Waals surface area contributed by atoms with Crippen molar-refractivity contribution in [2.45, 2.75) is 26.8 Å². The van der Waals surface area contributed by atoms with Crippen LogP contribution >= 0.6 is 0 Å². The summed E-state index contributed by atoms with van der Waals surface area (Å²) in [4.78, 5) is 2.44. The first kappa shape index (κ1) is 14.9. The van der Waals surface area contributed by atoms with E-state index in [9.17, 15) is 0 Å². The number of nitrogens with zero attached hydrogens (tertiary/aromatic N) is 1. The molecule has 114 valence electrons. The fraction of sp³-hybridized carbons (Fsp3) is 0.300. The van der Waals surface area contributed by atoms with Gasteiger partial charge in [0.2, 0.25) is 0 Å². The quantitative estimate of drug-likeness (QED) is 0.617. The van der Waals surface area contributed by atoms with Crippen molar-refractivity contribution in [1.82, 2.24) is 4.90 Å². The van der Waals surface area contributed by atoms with E-state index < -0.39 is 0 Å². The first-order valence-electron chi connectivity index (χ1n) is 8.06. The Morgan fingerprint density at radius 2 is 1.68 bits per heavy atom. The average Bonchev–Trinajstić information content (AvgIpc) is 3.00. The van der Waals surface area contributed by atoms with E-state index in [1.54, 1.807) is 0 Å². The first-order valence-corrected chi connectivity index (χ1v) is 8.06. The third-order valence-electron chi connectivity index (χ3n) is 4.44. The van der Waals surface area contributed by atoms with Crippen molar-refractivity contribution >= 4 is 11.0 Å². The van der Waals surface area contributed by atoms with Crippen molar-refractivity contribution in [3.05, 3.63) is 60.2 Å². The minimum absolute atomic E-state index is 0.355. The summed E-state index contributed by atoms with van der Waals surface area (Å²) in [5.41, 5.74) is 3.41. The summed E-state index contributed by atoms with van der Waals surface area (Å²) in [5, 5.41) is 1.18. The lowest BCUT2D eigenvalue weighted by Crippen LogP contribution is -2.26. The Morgan fingerprint density at radius 1 is 0.955 bits per heavy atom. The second-order valence-corrected chi connectivity index (χ2v) is 5.64. The molecule has 0 fully saturated rings. The molecular weight excluding hydrogens is 270 g/mol. The molecular formula is C20H23NO. The molecule has 0 aliphatic carbocycles. The van der Waals surface area contributed by atoms with Crippen LogP contribution in [0.3, 0.4) is 0 Å². The second kappa shape index (κ2) is 6.37. The molecule has 0 saturated carbocycles. The van der Waals surface area contributed by atoms with Gasteiger partial charge in [-0.3, -0.25) is 4.90 Å². The Bertz CT molecular complexity index is 741. The van der Waals surface area contributed by atoms with Crippen LogP contribution in [0.15, 0.2) is 59.0 Å². The predicted octanol–water partition coefficient (Wildman–Crippen LogP) is 5.50. The molecule has 0 aliphatic rings. The summed E-state index contributed by atoms with van der Waals surface area (Å²) in [5.74, 6) is 0.940. The zero-order chi connectivity index (χ0) is 15.5. The molecule has 3 rings (SSSR count).